The molecule has 2 aromatic rings. The summed E-state index contributed by atoms with van der Waals surface area (Å²) in [5.74, 6) is 0.805. The van der Waals surface area contributed by atoms with E-state index in [1.54, 1.807) is 6.92 Å². The Morgan fingerprint density at radius 1 is 1.00 bits per heavy atom. The molecule has 88 valence electrons. The summed E-state index contributed by atoms with van der Waals surface area (Å²) >= 11 is 0. The highest BCUT2D eigenvalue weighted by Crippen LogP contribution is 2.29. The molecule has 0 saturated carbocycles. The Kier molecular flexibility index (Phi) is 3.78. The molecule has 0 aliphatic heterocycles. The summed E-state index contributed by atoms with van der Waals surface area (Å²) in [6.07, 6.45) is -0.459. The molecule has 0 amide bonds. The van der Waals surface area contributed by atoms with Crippen molar-refractivity contribution < 1.29 is 9.84 Å². The van der Waals surface area contributed by atoms with Crippen molar-refractivity contribution in [3.8, 4) is 16.9 Å². The summed E-state index contributed by atoms with van der Waals surface area (Å²) in [6, 6.07) is 17.9. The summed E-state index contributed by atoms with van der Waals surface area (Å²) in [5, 5.41) is 9.25. The Hall–Kier alpha value is -1.80. The van der Waals surface area contributed by atoms with Crippen LogP contribution in [0.4, 0.5) is 0 Å². The Morgan fingerprint density at radius 2 is 1.65 bits per heavy atom. The Balaban J connectivity index is 2.28. The smallest absolute Gasteiger partial charge is 0.127 e. The number of benzene rings is 2. The van der Waals surface area contributed by atoms with Crippen molar-refractivity contribution in [3.63, 3.8) is 0 Å². The highest BCUT2D eigenvalue weighted by molar-refractivity contribution is 5.70. The number of aliphatic hydroxyl groups is 1. The highest BCUT2D eigenvalue weighted by Gasteiger charge is 2.06. The van der Waals surface area contributed by atoms with Crippen LogP contribution >= 0.6 is 0 Å². The van der Waals surface area contributed by atoms with E-state index in [1.807, 2.05) is 54.6 Å². The van der Waals surface area contributed by atoms with E-state index in [9.17, 15) is 5.11 Å². The monoisotopic (exact) mass is 228 g/mol. The average molecular weight is 228 g/mol. The molecule has 0 aromatic heterocycles. The van der Waals surface area contributed by atoms with E-state index < -0.39 is 6.10 Å². The SMILES string of the molecule is CC(O)COc1ccccc1-c1ccccc1. The van der Waals surface area contributed by atoms with E-state index in [1.165, 1.54) is 0 Å². The predicted octanol–water partition coefficient (Wildman–Crippen LogP) is 3.11. The number of hydrogen-bond acceptors (Lipinski definition) is 2. The fourth-order valence-electron chi connectivity index (χ4n) is 1.66. The second kappa shape index (κ2) is 5.51. The summed E-state index contributed by atoms with van der Waals surface area (Å²) in [7, 11) is 0. The van der Waals surface area contributed by atoms with Gasteiger partial charge in [0, 0.05) is 5.56 Å². The normalized spacial score (nSPS) is 12.1. The number of ether oxygens (including phenoxy) is 1. The van der Waals surface area contributed by atoms with Gasteiger partial charge >= 0.3 is 0 Å². The first kappa shape index (κ1) is 11.7. The molecular weight excluding hydrogens is 212 g/mol. The highest BCUT2D eigenvalue weighted by atomic mass is 16.5. The van der Waals surface area contributed by atoms with Crippen LogP contribution in [0.25, 0.3) is 11.1 Å². The zero-order chi connectivity index (χ0) is 12.1. The fraction of sp³-hybridized carbons (Fsp3) is 0.200. The van der Waals surface area contributed by atoms with Crippen LogP contribution in [0.15, 0.2) is 54.6 Å². The van der Waals surface area contributed by atoms with Crippen molar-refractivity contribution >= 4 is 0 Å². The molecule has 1 N–H and O–H groups in total. The maximum absolute atomic E-state index is 9.25. The minimum Gasteiger partial charge on any atom is -0.490 e. The molecule has 0 fully saturated rings. The van der Waals surface area contributed by atoms with Crippen molar-refractivity contribution in [2.24, 2.45) is 0 Å². The molecule has 2 nitrogen and oxygen atoms in total. The molecule has 2 heteroatoms. The molecule has 0 radical (unpaired) electrons. The van der Waals surface area contributed by atoms with Crippen LogP contribution in [0, 0.1) is 0 Å². The van der Waals surface area contributed by atoms with Gasteiger partial charge in [0.1, 0.15) is 12.4 Å². The quantitative estimate of drug-likeness (QED) is 0.871. The fourth-order valence-corrected chi connectivity index (χ4v) is 1.66. The predicted molar refractivity (Wildman–Crippen MR) is 69.1 cm³/mol. The second-order valence-electron chi connectivity index (χ2n) is 4.02. The van der Waals surface area contributed by atoms with Gasteiger partial charge in [-0.1, -0.05) is 48.5 Å². The molecule has 0 bridgehead atoms. The van der Waals surface area contributed by atoms with Gasteiger partial charge in [0.2, 0.25) is 0 Å². The van der Waals surface area contributed by atoms with E-state index in [0.717, 1.165) is 16.9 Å². The van der Waals surface area contributed by atoms with Crippen molar-refractivity contribution in [3.05, 3.63) is 54.6 Å². The van der Waals surface area contributed by atoms with Crippen LogP contribution in [0.3, 0.4) is 0 Å². The summed E-state index contributed by atoms with van der Waals surface area (Å²) < 4.78 is 5.60. The standard InChI is InChI=1S/C15H16O2/c1-12(16)11-17-15-10-6-5-9-14(15)13-7-3-2-4-8-13/h2-10,12,16H,11H2,1H3. The number of hydrogen-bond donors (Lipinski definition) is 1. The van der Waals surface area contributed by atoms with Crippen molar-refractivity contribution in [1.82, 2.24) is 0 Å². The van der Waals surface area contributed by atoms with E-state index in [2.05, 4.69) is 0 Å². The number of para-hydroxylation sites is 1. The summed E-state index contributed by atoms with van der Waals surface area (Å²) in [4.78, 5) is 0. The van der Waals surface area contributed by atoms with Gasteiger partial charge in [0.15, 0.2) is 0 Å². The maximum atomic E-state index is 9.25. The van der Waals surface area contributed by atoms with Gasteiger partial charge in [-0.2, -0.15) is 0 Å². The third-order valence-electron chi connectivity index (χ3n) is 2.45. The van der Waals surface area contributed by atoms with Crippen LogP contribution in [0.1, 0.15) is 6.92 Å². The third kappa shape index (κ3) is 3.08. The van der Waals surface area contributed by atoms with E-state index >= 15 is 0 Å². The minimum atomic E-state index is -0.459. The number of rotatable bonds is 4. The summed E-state index contributed by atoms with van der Waals surface area (Å²) in [6.45, 7) is 2.02. The van der Waals surface area contributed by atoms with Gasteiger partial charge in [0.25, 0.3) is 0 Å². The molecule has 0 aliphatic rings. The van der Waals surface area contributed by atoms with Gasteiger partial charge in [0.05, 0.1) is 6.10 Å². The molecule has 0 heterocycles. The van der Waals surface area contributed by atoms with Crippen LogP contribution in [-0.4, -0.2) is 17.8 Å². The Morgan fingerprint density at radius 3 is 2.35 bits per heavy atom. The lowest BCUT2D eigenvalue weighted by Gasteiger charge is -2.12. The first-order chi connectivity index (χ1) is 8.27. The van der Waals surface area contributed by atoms with E-state index in [-0.39, 0.29) is 0 Å². The zero-order valence-corrected chi connectivity index (χ0v) is 9.84. The third-order valence-corrected chi connectivity index (χ3v) is 2.45. The van der Waals surface area contributed by atoms with E-state index in [4.69, 9.17) is 4.74 Å². The number of aliphatic hydroxyl groups excluding tert-OH is 1. The van der Waals surface area contributed by atoms with Gasteiger partial charge in [-0.05, 0) is 18.6 Å². The molecule has 0 saturated heterocycles. The largest absolute Gasteiger partial charge is 0.490 e. The minimum absolute atomic E-state index is 0.309. The van der Waals surface area contributed by atoms with Crippen molar-refractivity contribution in [2.75, 3.05) is 6.61 Å². The molecule has 0 aliphatic carbocycles. The van der Waals surface area contributed by atoms with Crippen LogP contribution in [0.5, 0.6) is 5.75 Å². The van der Waals surface area contributed by atoms with E-state index in [0.29, 0.717) is 6.61 Å². The molecule has 2 rings (SSSR count). The first-order valence-electron chi connectivity index (χ1n) is 5.72. The molecule has 1 atom stereocenters. The van der Waals surface area contributed by atoms with Gasteiger partial charge in [-0.15, -0.1) is 0 Å². The zero-order valence-electron chi connectivity index (χ0n) is 9.84. The van der Waals surface area contributed by atoms with Gasteiger partial charge in [-0.25, -0.2) is 0 Å². The summed E-state index contributed by atoms with van der Waals surface area (Å²) in [5.41, 5.74) is 2.17. The maximum Gasteiger partial charge on any atom is 0.127 e. The molecular formula is C15H16O2. The average Bonchev–Trinajstić information content (AvgIpc) is 2.38. The van der Waals surface area contributed by atoms with Crippen molar-refractivity contribution in [1.29, 1.82) is 0 Å². The van der Waals surface area contributed by atoms with Crippen LogP contribution < -0.4 is 4.74 Å². The Bertz CT molecular complexity index is 463. The first-order valence-corrected chi connectivity index (χ1v) is 5.72. The topological polar surface area (TPSA) is 29.5 Å². The molecule has 0 spiro atoms. The molecule has 2 aromatic carbocycles. The lowest BCUT2D eigenvalue weighted by Crippen LogP contribution is -2.13. The van der Waals surface area contributed by atoms with Crippen LogP contribution in [-0.2, 0) is 0 Å². The van der Waals surface area contributed by atoms with Gasteiger partial charge in [-0.3, -0.25) is 0 Å². The van der Waals surface area contributed by atoms with Crippen molar-refractivity contribution in [2.45, 2.75) is 13.0 Å². The van der Waals surface area contributed by atoms with Gasteiger partial charge < -0.3 is 9.84 Å². The lowest BCUT2D eigenvalue weighted by molar-refractivity contribution is 0.123. The second-order valence-corrected chi connectivity index (χ2v) is 4.02. The Labute approximate surface area is 101 Å². The van der Waals surface area contributed by atoms with Crippen LogP contribution in [0.2, 0.25) is 0 Å². The molecule has 17 heavy (non-hydrogen) atoms. The molecule has 1 unspecified atom stereocenters. The lowest BCUT2D eigenvalue weighted by atomic mass is 10.1.